The lowest BCUT2D eigenvalue weighted by atomic mass is 9.94. The van der Waals surface area contributed by atoms with Crippen molar-refractivity contribution in [2.75, 3.05) is 46.3 Å². The van der Waals surface area contributed by atoms with Gasteiger partial charge in [-0.15, -0.1) is 0 Å². The normalized spacial score (nSPS) is 20.0. The smallest absolute Gasteiger partial charge is 0.275 e. The molecule has 1 aromatic heterocycles. The molecule has 26 heavy (non-hydrogen) atoms. The van der Waals surface area contributed by atoms with Crippen LogP contribution < -0.4 is 0 Å². The van der Waals surface area contributed by atoms with Crippen LogP contribution in [0.3, 0.4) is 0 Å². The molecule has 2 amide bonds. The van der Waals surface area contributed by atoms with Gasteiger partial charge in [0.15, 0.2) is 5.69 Å². The molecule has 2 aliphatic heterocycles. The summed E-state index contributed by atoms with van der Waals surface area (Å²) in [7, 11) is 2.09. The molecule has 2 fully saturated rings. The molecule has 1 N–H and O–H groups in total. The maximum absolute atomic E-state index is 12.8. The van der Waals surface area contributed by atoms with Crippen molar-refractivity contribution in [3.05, 3.63) is 15.9 Å². The zero-order valence-corrected chi connectivity index (χ0v) is 17.4. The van der Waals surface area contributed by atoms with Gasteiger partial charge in [0, 0.05) is 45.2 Å². The monoisotopic (exact) mass is 425 g/mol. The molecule has 0 bridgehead atoms. The largest absolute Gasteiger partial charge is 0.340 e. The molecular weight excluding hydrogens is 398 g/mol. The van der Waals surface area contributed by atoms with Gasteiger partial charge in [-0.25, -0.2) is 0 Å². The summed E-state index contributed by atoms with van der Waals surface area (Å²) >= 11 is 3.51. The number of hydrogen-bond acceptors (Lipinski definition) is 4. The van der Waals surface area contributed by atoms with Gasteiger partial charge in [-0.3, -0.25) is 14.7 Å². The first kappa shape index (κ1) is 19.4. The summed E-state index contributed by atoms with van der Waals surface area (Å²) in [4.78, 5) is 31.6. The third-order valence-corrected chi connectivity index (χ3v) is 6.26. The van der Waals surface area contributed by atoms with Gasteiger partial charge in [-0.1, -0.05) is 13.8 Å². The number of piperidine rings is 1. The molecule has 0 radical (unpaired) electrons. The van der Waals surface area contributed by atoms with Crippen molar-refractivity contribution >= 4 is 27.7 Å². The van der Waals surface area contributed by atoms with Crippen molar-refractivity contribution in [1.82, 2.24) is 24.9 Å². The number of halogens is 1. The summed E-state index contributed by atoms with van der Waals surface area (Å²) in [5.41, 5.74) is 1.38. The first-order chi connectivity index (χ1) is 12.4. The quantitative estimate of drug-likeness (QED) is 0.802. The van der Waals surface area contributed by atoms with Gasteiger partial charge in [0.2, 0.25) is 5.91 Å². The predicted molar refractivity (Wildman–Crippen MR) is 103 cm³/mol. The Hall–Kier alpha value is -1.41. The van der Waals surface area contributed by atoms with Crippen molar-refractivity contribution in [3.63, 3.8) is 0 Å². The van der Waals surface area contributed by atoms with Crippen LogP contribution in [0, 0.1) is 5.92 Å². The molecular formula is C18H28BrN5O2. The molecule has 2 aliphatic rings. The SMILES string of the molecule is CC(C)c1[nH]nc(C(=O)N2CCC(C(=O)N3CCN(C)CC3)CC2)c1Br. The number of carbonyl (C=O) groups excluding carboxylic acids is 2. The van der Waals surface area contributed by atoms with Gasteiger partial charge >= 0.3 is 0 Å². The van der Waals surface area contributed by atoms with Gasteiger partial charge in [0.05, 0.1) is 10.2 Å². The summed E-state index contributed by atoms with van der Waals surface area (Å²) in [6, 6.07) is 0. The van der Waals surface area contributed by atoms with E-state index in [0.717, 1.165) is 49.2 Å². The van der Waals surface area contributed by atoms with Crippen LogP contribution in [-0.4, -0.2) is 83.0 Å². The minimum atomic E-state index is -0.0643. The number of H-pyrrole nitrogens is 1. The third kappa shape index (κ3) is 3.96. The van der Waals surface area contributed by atoms with E-state index in [4.69, 9.17) is 0 Å². The maximum atomic E-state index is 12.8. The van der Waals surface area contributed by atoms with Crippen LogP contribution in [0.15, 0.2) is 4.47 Å². The van der Waals surface area contributed by atoms with Gasteiger partial charge < -0.3 is 14.7 Å². The van der Waals surface area contributed by atoms with Crippen molar-refractivity contribution < 1.29 is 9.59 Å². The fourth-order valence-electron chi connectivity index (χ4n) is 3.63. The van der Waals surface area contributed by atoms with Crippen LogP contribution in [0.1, 0.15) is 48.8 Å². The molecule has 1 aromatic rings. The number of nitrogens with zero attached hydrogens (tertiary/aromatic N) is 4. The molecule has 2 saturated heterocycles. The Kier molecular flexibility index (Phi) is 6.02. The maximum Gasteiger partial charge on any atom is 0.275 e. The van der Waals surface area contributed by atoms with E-state index in [1.165, 1.54) is 0 Å². The van der Waals surface area contributed by atoms with Crippen molar-refractivity contribution in [3.8, 4) is 0 Å². The van der Waals surface area contributed by atoms with Crippen LogP contribution in [0.4, 0.5) is 0 Å². The number of nitrogens with one attached hydrogen (secondary N) is 1. The fraction of sp³-hybridized carbons (Fsp3) is 0.722. The minimum absolute atomic E-state index is 0.0382. The lowest BCUT2D eigenvalue weighted by Gasteiger charge is -2.37. The fourth-order valence-corrected chi connectivity index (χ4v) is 4.44. The van der Waals surface area contributed by atoms with E-state index in [1.54, 1.807) is 0 Å². The molecule has 0 aliphatic carbocycles. The Morgan fingerprint density at radius 2 is 1.69 bits per heavy atom. The Morgan fingerprint density at radius 1 is 1.08 bits per heavy atom. The second-order valence-electron chi connectivity index (χ2n) is 7.65. The highest BCUT2D eigenvalue weighted by Crippen LogP contribution is 2.28. The second-order valence-corrected chi connectivity index (χ2v) is 8.44. The number of aromatic nitrogens is 2. The number of aromatic amines is 1. The van der Waals surface area contributed by atoms with E-state index in [9.17, 15) is 9.59 Å². The lowest BCUT2D eigenvalue weighted by Crippen LogP contribution is -2.51. The molecule has 3 rings (SSSR count). The zero-order chi connectivity index (χ0) is 18.8. The van der Waals surface area contributed by atoms with Gasteiger partial charge in [0.1, 0.15) is 0 Å². The summed E-state index contributed by atoms with van der Waals surface area (Å²) in [6.45, 7) is 8.84. The predicted octanol–water partition coefficient (Wildman–Crippen LogP) is 1.92. The van der Waals surface area contributed by atoms with E-state index in [1.807, 2.05) is 9.80 Å². The Bertz CT molecular complexity index is 659. The van der Waals surface area contributed by atoms with Crippen LogP contribution in [0.25, 0.3) is 0 Å². The van der Waals surface area contributed by atoms with E-state index in [2.05, 4.69) is 51.9 Å². The minimum Gasteiger partial charge on any atom is -0.340 e. The Morgan fingerprint density at radius 3 is 2.23 bits per heavy atom. The van der Waals surface area contributed by atoms with E-state index >= 15 is 0 Å². The molecule has 0 atom stereocenters. The van der Waals surface area contributed by atoms with Crippen molar-refractivity contribution in [2.45, 2.75) is 32.6 Å². The second kappa shape index (κ2) is 8.08. The zero-order valence-electron chi connectivity index (χ0n) is 15.8. The number of amides is 2. The molecule has 0 aromatic carbocycles. The summed E-state index contributed by atoms with van der Waals surface area (Å²) in [5, 5.41) is 7.16. The van der Waals surface area contributed by atoms with Crippen LogP contribution in [-0.2, 0) is 4.79 Å². The van der Waals surface area contributed by atoms with Crippen LogP contribution in [0.2, 0.25) is 0 Å². The molecule has 8 heteroatoms. The lowest BCUT2D eigenvalue weighted by molar-refractivity contribution is -0.138. The van der Waals surface area contributed by atoms with Crippen molar-refractivity contribution in [2.24, 2.45) is 5.92 Å². The summed E-state index contributed by atoms with van der Waals surface area (Å²) < 4.78 is 0.758. The summed E-state index contributed by atoms with van der Waals surface area (Å²) in [5.74, 6) is 0.500. The molecule has 0 spiro atoms. The summed E-state index contributed by atoms with van der Waals surface area (Å²) in [6.07, 6.45) is 1.46. The first-order valence-electron chi connectivity index (χ1n) is 9.38. The molecule has 0 saturated carbocycles. The Labute approximate surface area is 163 Å². The van der Waals surface area contributed by atoms with Gasteiger partial charge in [-0.2, -0.15) is 5.10 Å². The van der Waals surface area contributed by atoms with Gasteiger partial charge in [-0.05, 0) is 41.7 Å². The number of carbonyl (C=O) groups is 2. The number of likely N-dealkylation sites (N-methyl/N-ethyl adjacent to an activating group) is 1. The van der Waals surface area contributed by atoms with Gasteiger partial charge in [0.25, 0.3) is 5.91 Å². The highest BCUT2D eigenvalue weighted by atomic mass is 79.9. The van der Waals surface area contributed by atoms with E-state index < -0.39 is 0 Å². The average Bonchev–Trinajstić information content (AvgIpc) is 3.03. The molecule has 0 unspecified atom stereocenters. The number of piperazine rings is 1. The van der Waals surface area contributed by atoms with Crippen LogP contribution >= 0.6 is 15.9 Å². The van der Waals surface area contributed by atoms with E-state index in [-0.39, 0.29) is 23.7 Å². The van der Waals surface area contributed by atoms with Crippen LogP contribution in [0.5, 0.6) is 0 Å². The average molecular weight is 426 g/mol. The third-order valence-electron chi connectivity index (χ3n) is 5.46. The number of rotatable bonds is 3. The topological polar surface area (TPSA) is 72.5 Å². The first-order valence-corrected chi connectivity index (χ1v) is 10.2. The Balaban J connectivity index is 1.56. The highest BCUT2D eigenvalue weighted by Gasteiger charge is 2.33. The molecule has 144 valence electrons. The molecule has 7 nitrogen and oxygen atoms in total. The van der Waals surface area contributed by atoms with Crippen molar-refractivity contribution in [1.29, 1.82) is 0 Å². The number of likely N-dealkylation sites (tertiary alicyclic amines) is 1. The van der Waals surface area contributed by atoms with E-state index in [0.29, 0.717) is 18.8 Å². The number of hydrogen-bond donors (Lipinski definition) is 1. The molecule has 3 heterocycles. The highest BCUT2D eigenvalue weighted by molar-refractivity contribution is 9.10. The standard InChI is InChI=1S/C18H28BrN5O2/c1-12(2)15-14(19)16(21-20-15)18(26)23-6-4-13(5-7-23)17(25)24-10-8-22(3)9-11-24/h12-13H,4-11H2,1-3H3,(H,20,21).